The maximum Gasteiger partial charge on any atom is 0.151 e. The molecule has 8 heteroatoms. The van der Waals surface area contributed by atoms with Crippen molar-refractivity contribution in [3.63, 3.8) is 0 Å². The molecule has 0 aromatic carbocycles. The Labute approximate surface area is 139 Å². The average Bonchev–Trinajstić information content (AvgIpc) is 2.93. The highest BCUT2D eigenvalue weighted by Gasteiger charge is 2.25. The number of piperidine rings is 1. The second kappa shape index (κ2) is 6.85. The molecule has 0 saturated carbocycles. The summed E-state index contributed by atoms with van der Waals surface area (Å²) in [5.74, 6) is 0.956. The molecule has 1 aliphatic rings. The van der Waals surface area contributed by atoms with Crippen molar-refractivity contribution in [2.75, 3.05) is 25.0 Å². The first kappa shape index (κ1) is 15.6. The lowest BCUT2D eigenvalue weighted by Gasteiger charge is -2.37. The monoisotopic (exact) mass is 338 g/mol. The second-order valence-electron chi connectivity index (χ2n) is 5.68. The van der Waals surface area contributed by atoms with Crippen molar-refractivity contribution in [2.45, 2.75) is 32.4 Å². The van der Waals surface area contributed by atoms with Crippen LogP contribution in [0, 0.1) is 6.92 Å². The van der Waals surface area contributed by atoms with Gasteiger partial charge >= 0.3 is 0 Å². The highest BCUT2D eigenvalue weighted by molar-refractivity contribution is 7.10. The summed E-state index contributed by atoms with van der Waals surface area (Å²) >= 11 is 7.34. The highest BCUT2D eigenvalue weighted by atomic mass is 35.5. The van der Waals surface area contributed by atoms with E-state index >= 15 is 0 Å². The third-order valence-corrected chi connectivity index (χ3v) is 5.02. The molecule has 0 aliphatic carbocycles. The largest absolute Gasteiger partial charge is 0.354 e. The molecule has 6 nitrogen and oxygen atoms in total. The van der Waals surface area contributed by atoms with E-state index in [4.69, 9.17) is 11.6 Å². The number of aromatic nitrogens is 4. The zero-order valence-corrected chi connectivity index (χ0v) is 14.3. The molecule has 2 aromatic heterocycles. The summed E-state index contributed by atoms with van der Waals surface area (Å²) in [6.45, 7) is 4.66. The number of halogens is 1. The van der Waals surface area contributed by atoms with Crippen LogP contribution in [0.3, 0.4) is 0 Å². The summed E-state index contributed by atoms with van der Waals surface area (Å²) in [6, 6.07) is 4.51. The second-order valence-corrected chi connectivity index (χ2v) is 7.04. The smallest absolute Gasteiger partial charge is 0.151 e. The molecule has 0 spiro atoms. The van der Waals surface area contributed by atoms with Gasteiger partial charge in [0.05, 0.1) is 5.69 Å². The SMILES string of the molecule is Cc1ccc(N2CCC[C@@H](N(C)Cc3nnsc3Cl)C2)nn1. The number of hydrogen-bond donors (Lipinski definition) is 0. The number of hydrogen-bond acceptors (Lipinski definition) is 7. The van der Waals surface area contributed by atoms with Gasteiger partial charge in [-0.3, -0.25) is 4.90 Å². The third kappa shape index (κ3) is 3.53. The van der Waals surface area contributed by atoms with Crippen molar-refractivity contribution in [3.8, 4) is 0 Å². The predicted octanol–water partition coefficient (Wildman–Crippen LogP) is 2.39. The summed E-state index contributed by atoms with van der Waals surface area (Å²) in [5, 5.41) is 12.6. The number of aryl methyl sites for hydroxylation is 1. The molecule has 3 rings (SSSR count). The fourth-order valence-corrected chi connectivity index (χ4v) is 3.35. The first-order chi connectivity index (χ1) is 10.6. The predicted molar refractivity (Wildman–Crippen MR) is 88.4 cm³/mol. The van der Waals surface area contributed by atoms with Crippen LogP contribution in [0.2, 0.25) is 4.34 Å². The van der Waals surface area contributed by atoms with E-state index in [0.717, 1.165) is 43.3 Å². The summed E-state index contributed by atoms with van der Waals surface area (Å²) in [5.41, 5.74) is 1.81. The lowest BCUT2D eigenvalue weighted by Crippen LogP contribution is -2.46. The van der Waals surface area contributed by atoms with E-state index in [1.54, 1.807) is 0 Å². The van der Waals surface area contributed by atoms with E-state index in [2.05, 4.69) is 36.6 Å². The lowest BCUT2D eigenvalue weighted by atomic mass is 10.0. The normalized spacial score (nSPS) is 18.9. The first-order valence-corrected chi connectivity index (χ1v) is 8.51. The number of rotatable bonds is 4. The Balaban J connectivity index is 1.65. The Morgan fingerprint density at radius 2 is 2.23 bits per heavy atom. The molecule has 0 amide bonds. The molecule has 1 atom stereocenters. The molecule has 0 bridgehead atoms. The van der Waals surface area contributed by atoms with Crippen LogP contribution >= 0.6 is 23.1 Å². The van der Waals surface area contributed by atoms with Crippen LogP contribution in [-0.2, 0) is 6.54 Å². The van der Waals surface area contributed by atoms with Crippen molar-refractivity contribution in [2.24, 2.45) is 0 Å². The minimum Gasteiger partial charge on any atom is -0.354 e. The fourth-order valence-electron chi connectivity index (χ4n) is 2.74. The molecular formula is C14H19ClN6S. The standard InChI is InChI=1S/C14H19ClN6S/c1-10-5-6-13(18-16-10)21-7-3-4-11(8-21)20(2)9-12-14(15)22-19-17-12/h5-6,11H,3-4,7-9H2,1-2H3/t11-/m1/s1. The highest BCUT2D eigenvalue weighted by Crippen LogP contribution is 2.23. The third-order valence-electron chi connectivity index (χ3n) is 4.04. The van der Waals surface area contributed by atoms with Gasteiger partial charge in [-0.15, -0.1) is 10.2 Å². The van der Waals surface area contributed by atoms with Crippen molar-refractivity contribution < 1.29 is 0 Å². The Morgan fingerprint density at radius 1 is 1.36 bits per heavy atom. The fraction of sp³-hybridized carbons (Fsp3) is 0.571. The molecule has 22 heavy (non-hydrogen) atoms. The lowest BCUT2D eigenvalue weighted by molar-refractivity contribution is 0.205. The van der Waals surface area contributed by atoms with Crippen LogP contribution in [-0.4, -0.2) is 50.9 Å². The van der Waals surface area contributed by atoms with Crippen molar-refractivity contribution in [1.29, 1.82) is 0 Å². The van der Waals surface area contributed by atoms with Gasteiger partial charge in [-0.2, -0.15) is 5.10 Å². The van der Waals surface area contributed by atoms with Gasteiger partial charge in [0, 0.05) is 37.2 Å². The van der Waals surface area contributed by atoms with Crippen LogP contribution in [0.1, 0.15) is 24.2 Å². The average molecular weight is 339 g/mol. The Morgan fingerprint density at radius 3 is 2.91 bits per heavy atom. The molecule has 2 aromatic rings. The van der Waals surface area contributed by atoms with Crippen molar-refractivity contribution in [1.82, 2.24) is 24.7 Å². The van der Waals surface area contributed by atoms with E-state index < -0.39 is 0 Å². The Bertz CT molecular complexity index is 616. The van der Waals surface area contributed by atoms with Crippen LogP contribution in [0.15, 0.2) is 12.1 Å². The van der Waals surface area contributed by atoms with Gasteiger partial charge < -0.3 is 4.90 Å². The molecule has 0 N–H and O–H groups in total. The van der Waals surface area contributed by atoms with Crippen LogP contribution in [0.5, 0.6) is 0 Å². The van der Waals surface area contributed by atoms with E-state index in [9.17, 15) is 0 Å². The molecule has 0 unspecified atom stereocenters. The molecule has 1 fully saturated rings. The van der Waals surface area contributed by atoms with Crippen LogP contribution in [0.25, 0.3) is 0 Å². The Hall–Kier alpha value is -1.31. The van der Waals surface area contributed by atoms with E-state index in [1.165, 1.54) is 18.0 Å². The zero-order valence-electron chi connectivity index (χ0n) is 12.7. The van der Waals surface area contributed by atoms with Gasteiger partial charge in [0.15, 0.2) is 5.82 Å². The van der Waals surface area contributed by atoms with Gasteiger partial charge in [0.1, 0.15) is 10.0 Å². The van der Waals surface area contributed by atoms with Gasteiger partial charge in [0.2, 0.25) is 0 Å². The van der Waals surface area contributed by atoms with E-state index in [0.29, 0.717) is 10.4 Å². The van der Waals surface area contributed by atoms with Gasteiger partial charge in [-0.1, -0.05) is 16.1 Å². The van der Waals surface area contributed by atoms with Crippen LogP contribution in [0.4, 0.5) is 5.82 Å². The number of likely N-dealkylation sites (N-methyl/N-ethyl adjacent to an activating group) is 1. The molecule has 118 valence electrons. The Kier molecular flexibility index (Phi) is 4.85. The zero-order chi connectivity index (χ0) is 15.5. The maximum absolute atomic E-state index is 6.10. The number of anilines is 1. The summed E-state index contributed by atoms with van der Waals surface area (Å²) < 4.78 is 4.58. The van der Waals surface area contributed by atoms with Crippen molar-refractivity contribution >= 4 is 29.0 Å². The minimum atomic E-state index is 0.453. The molecule has 3 heterocycles. The number of nitrogens with zero attached hydrogens (tertiary/aromatic N) is 6. The topological polar surface area (TPSA) is 58.0 Å². The minimum absolute atomic E-state index is 0.453. The summed E-state index contributed by atoms with van der Waals surface area (Å²) in [6.07, 6.45) is 2.31. The van der Waals surface area contributed by atoms with Crippen molar-refractivity contribution in [3.05, 3.63) is 27.9 Å². The van der Waals surface area contributed by atoms with E-state index in [1.807, 2.05) is 19.1 Å². The molecular weight excluding hydrogens is 320 g/mol. The molecule has 1 saturated heterocycles. The first-order valence-electron chi connectivity index (χ1n) is 7.35. The maximum atomic E-state index is 6.10. The summed E-state index contributed by atoms with van der Waals surface area (Å²) in [4.78, 5) is 4.61. The van der Waals surface area contributed by atoms with Gasteiger partial charge in [-0.25, -0.2) is 0 Å². The molecule has 0 radical (unpaired) electrons. The van der Waals surface area contributed by atoms with Gasteiger partial charge in [0.25, 0.3) is 0 Å². The quantitative estimate of drug-likeness (QED) is 0.853. The molecule has 1 aliphatic heterocycles. The summed E-state index contributed by atoms with van der Waals surface area (Å²) in [7, 11) is 2.12. The van der Waals surface area contributed by atoms with E-state index in [-0.39, 0.29) is 0 Å². The van der Waals surface area contributed by atoms with Gasteiger partial charge in [-0.05, 0) is 38.9 Å². The van der Waals surface area contributed by atoms with Crippen LogP contribution < -0.4 is 4.90 Å².